The molecule has 0 spiro atoms. The van der Waals surface area contributed by atoms with E-state index in [0.717, 1.165) is 31.6 Å². The standard InChI is InChI=1S/C11H21N5O/c1-3-5-6-13-11(16-12)15-8-10-14-7-9(4-2)17-10/h7H,3-6,8,12H2,1-2H3,(H2,13,15,16). The van der Waals surface area contributed by atoms with Crippen molar-refractivity contribution < 1.29 is 4.42 Å². The number of hydrogen-bond acceptors (Lipinski definition) is 4. The van der Waals surface area contributed by atoms with Gasteiger partial charge in [0.2, 0.25) is 11.9 Å². The number of nitrogens with two attached hydrogens (primary N) is 1. The van der Waals surface area contributed by atoms with Gasteiger partial charge in [0, 0.05) is 13.0 Å². The summed E-state index contributed by atoms with van der Waals surface area (Å²) in [4.78, 5) is 8.36. The number of rotatable bonds is 6. The summed E-state index contributed by atoms with van der Waals surface area (Å²) in [7, 11) is 0. The number of aromatic nitrogens is 1. The topological polar surface area (TPSA) is 88.5 Å². The molecule has 1 heterocycles. The molecule has 0 aliphatic heterocycles. The summed E-state index contributed by atoms with van der Waals surface area (Å²) in [5.41, 5.74) is 2.52. The molecular weight excluding hydrogens is 218 g/mol. The molecule has 6 nitrogen and oxygen atoms in total. The lowest BCUT2D eigenvalue weighted by molar-refractivity contribution is 0.461. The van der Waals surface area contributed by atoms with E-state index >= 15 is 0 Å². The van der Waals surface area contributed by atoms with Gasteiger partial charge in [-0.05, 0) is 6.42 Å². The van der Waals surface area contributed by atoms with Crippen LogP contribution in [-0.2, 0) is 13.0 Å². The molecule has 1 aromatic heterocycles. The second kappa shape index (κ2) is 7.67. The van der Waals surface area contributed by atoms with E-state index in [9.17, 15) is 0 Å². The van der Waals surface area contributed by atoms with Gasteiger partial charge in [0.25, 0.3) is 0 Å². The minimum absolute atomic E-state index is 0.388. The molecule has 1 aromatic rings. The predicted octanol–water partition coefficient (Wildman–Crippen LogP) is 0.946. The van der Waals surface area contributed by atoms with Gasteiger partial charge < -0.3 is 9.73 Å². The summed E-state index contributed by atoms with van der Waals surface area (Å²) in [5.74, 6) is 7.40. The third-order valence-corrected chi connectivity index (χ3v) is 2.28. The quantitative estimate of drug-likeness (QED) is 0.226. The second-order valence-corrected chi connectivity index (χ2v) is 3.66. The first-order valence-electron chi connectivity index (χ1n) is 5.98. The van der Waals surface area contributed by atoms with Crippen molar-refractivity contribution in [2.45, 2.75) is 39.7 Å². The molecule has 0 amide bonds. The number of nitrogens with one attached hydrogen (secondary N) is 2. The normalized spacial score (nSPS) is 11.6. The fourth-order valence-electron chi connectivity index (χ4n) is 1.27. The molecule has 0 atom stereocenters. The molecule has 4 N–H and O–H groups in total. The summed E-state index contributed by atoms with van der Waals surface area (Å²) in [6, 6.07) is 0. The van der Waals surface area contributed by atoms with Gasteiger partial charge in [-0.2, -0.15) is 0 Å². The van der Waals surface area contributed by atoms with Crippen LogP contribution >= 0.6 is 0 Å². The molecule has 0 fully saturated rings. The van der Waals surface area contributed by atoms with Crippen molar-refractivity contribution in [1.82, 2.24) is 15.7 Å². The van der Waals surface area contributed by atoms with E-state index < -0.39 is 0 Å². The van der Waals surface area contributed by atoms with Gasteiger partial charge in [-0.1, -0.05) is 20.3 Å². The van der Waals surface area contributed by atoms with Crippen molar-refractivity contribution in [3.05, 3.63) is 17.8 Å². The van der Waals surface area contributed by atoms with Crippen LogP contribution in [0.1, 0.15) is 38.3 Å². The van der Waals surface area contributed by atoms with Crippen LogP contribution in [0.3, 0.4) is 0 Å². The third kappa shape index (κ3) is 4.86. The highest BCUT2D eigenvalue weighted by molar-refractivity contribution is 5.78. The molecule has 17 heavy (non-hydrogen) atoms. The Morgan fingerprint density at radius 2 is 2.35 bits per heavy atom. The van der Waals surface area contributed by atoms with Crippen LogP contribution in [-0.4, -0.2) is 17.5 Å². The molecule has 0 radical (unpaired) electrons. The Hall–Kier alpha value is -1.56. The van der Waals surface area contributed by atoms with Crippen LogP contribution in [0.15, 0.2) is 15.6 Å². The van der Waals surface area contributed by atoms with Crippen molar-refractivity contribution in [2.75, 3.05) is 6.54 Å². The lowest BCUT2D eigenvalue weighted by atomic mass is 10.3. The van der Waals surface area contributed by atoms with Crippen molar-refractivity contribution in [3.63, 3.8) is 0 Å². The maximum atomic E-state index is 5.44. The maximum Gasteiger partial charge on any atom is 0.216 e. The zero-order chi connectivity index (χ0) is 12.5. The number of hydrogen-bond donors (Lipinski definition) is 3. The van der Waals surface area contributed by atoms with Crippen molar-refractivity contribution in [1.29, 1.82) is 0 Å². The Morgan fingerprint density at radius 1 is 1.53 bits per heavy atom. The lowest BCUT2D eigenvalue weighted by Crippen LogP contribution is -2.41. The number of guanidine groups is 1. The van der Waals surface area contributed by atoms with Crippen molar-refractivity contribution in [3.8, 4) is 0 Å². The molecule has 0 saturated heterocycles. The molecule has 1 rings (SSSR count). The van der Waals surface area contributed by atoms with E-state index in [-0.39, 0.29) is 0 Å². The van der Waals surface area contributed by atoms with E-state index in [0.29, 0.717) is 18.4 Å². The Bertz CT molecular complexity index is 347. The molecular formula is C11H21N5O. The summed E-state index contributed by atoms with van der Waals surface area (Å²) in [6.07, 6.45) is 4.78. The highest BCUT2D eigenvalue weighted by atomic mass is 16.4. The summed E-state index contributed by atoms with van der Waals surface area (Å²) < 4.78 is 5.44. The Morgan fingerprint density at radius 3 is 2.94 bits per heavy atom. The molecule has 0 bridgehead atoms. The average molecular weight is 239 g/mol. The van der Waals surface area contributed by atoms with Crippen LogP contribution in [0, 0.1) is 0 Å². The number of hydrazine groups is 1. The SMILES string of the molecule is CCCCNC(=NCc1ncc(CC)o1)NN. The molecule has 6 heteroatoms. The lowest BCUT2D eigenvalue weighted by Gasteiger charge is -2.07. The zero-order valence-corrected chi connectivity index (χ0v) is 10.5. The van der Waals surface area contributed by atoms with Crippen LogP contribution < -0.4 is 16.6 Å². The first kappa shape index (κ1) is 13.5. The van der Waals surface area contributed by atoms with Crippen molar-refractivity contribution in [2.24, 2.45) is 10.8 Å². The first-order chi connectivity index (χ1) is 8.30. The molecule has 0 unspecified atom stereocenters. The fourth-order valence-corrected chi connectivity index (χ4v) is 1.27. The predicted molar refractivity (Wildman–Crippen MR) is 67.3 cm³/mol. The van der Waals surface area contributed by atoms with Gasteiger partial charge in [-0.25, -0.2) is 15.8 Å². The van der Waals surface area contributed by atoms with E-state index in [1.165, 1.54) is 0 Å². The van der Waals surface area contributed by atoms with Gasteiger partial charge in [0.1, 0.15) is 12.3 Å². The van der Waals surface area contributed by atoms with E-state index in [2.05, 4.69) is 27.6 Å². The van der Waals surface area contributed by atoms with Gasteiger partial charge >= 0.3 is 0 Å². The number of oxazole rings is 1. The number of unbranched alkanes of at least 4 members (excludes halogenated alkanes) is 1. The summed E-state index contributed by atoms with van der Waals surface area (Å²) in [6.45, 7) is 5.39. The Balaban J connectivity index is 2.43. The minimum atomic E-state index is 0.388. The summed E-state index contributed by atoms with van der Waals surface area (Å²) in [5, 5.41) is 3.11. The van der Waals surface area contributed by atoms with E-state index in [1.54, 1.807) is 6.20 Å². The average Bonchev–Trinajstić information content (AvgIpc) is 2.81. The Kier molecular flexibility index (Phi) is 6.09. The zero-order valence-electron chi connectivity index (χ0n) is 10.5. The van der Waals surface area contributed by atoms with Gasteiger partial charge in [-0.15, -0.1) is 0 Å². The van der Waals surface area contributed by atoms with Gasteiger partial charge in [0.15, 0.2) is 0 Å². The van der Waals surface area contributed by atoms with Gasteiger partial charge in [0.05, 0.1) is 6.20 Å². The highest BCUT2D eigenvalue weighted by Gasteiger charge is 2.02. The number of aliphatic imine (C=N–C) groups is 1. The smallest absolute Gasteiger partial charge is 0.216 e. The second-order valence-electron chi connectivity index (χ2n) is 3.66. The Labute approximate surface area is 102 Å². The summed E-state index contributed by atoms with van der Waals surface area (Å²) >= 11 is 0. The molecule has 96 valence electrons. The van der Waals surface area contributed by atoms with Crippen LogP contribution in [0.25, 0.3) is 0 Å². The monoisotopic (exact) mass is 239 g/mol. The highest BCUT2D eigenvalue weighted by Crippen LogP contribution is 2.04. The van der Waals surface area contributed by atoms with E-state index in [4.69, 9.17) is 10.3 Å². The van der Waals surface area contributed by atoms with Crippen LogP contribution in [0.5, 0.6) is 0 Å². The van der Waals surface area contributed by atoms with Crippen molar-refractivity contribution >= 4 is 5.96 Å². The largest absolute Gasteiger partial charge is 0.444 e. The van der Waals surface area contributed by atoms with Gasteiger partial charge in [-0.3, -0.25) is 5.43 Å². The third-order valence-electron chi connectivity index (χ3n) is 2.28. The molecule has 0 saturated carbocycles. The van der Waals surface area contributed by atoms with Crippen LogP contribution in [0.4, 0.5) is 0 Å². The van der Waals surface area contributed by atoms with E-state index in [1.807, 2.05) is 6.92 Å². The maximum absolute atomic E-state index is 5.44. The molecule has 0 aliphatic rings. The van der Waals surface area contributed by atoms with Crippen LogP contribution in [0.2, 0.25) is 0 Å². The first-order valence-corrected chi connectivity index (χ1v) is 5.98. The number of nitrogens with zero attached hydrogens (tertiary/aromatic N) is 2. The minimum Gasteiger partial charge on any atom is -0.444 e. The fraction of sp³-hybridized carbons (Fsp3) is 0.636. The number of aryl methyl sites for hydroxylation is 1. The molecule has 0 aromatic carbocycles. The molecule has 0 aliphatic carbocycles.